The van der Waals surface area contributed by atoms with Crippen molar-refractivity contribution in [3.8, 4) is 6.07 Å². The Hall–Kier alpha value is -2.28. The van der Waals surface area contributed by atoms with E-state index >= 15 is 0 Å². The Bertz CT molecular complexity index is 423. The first kappa shape index (κ1) is 13.8. The first-order chi connectivity index (χ1) is 8.77. The number of nitriles is 1. The maximum Gasteiger partial charge on any atom is 0.410 e. The fourth-order valence-electron chi connectivity index (χ4n) is 1.41. The van der Waals surface area contributed by atoms with Crippen LogP contribution in [0.25, 0.3) is 0 Å². The molecular formula is C14H16N2O2. The van der Waals surface area contributed by atoms with Gasteiger partial charge in [0.15, 0.2) is 0 Å². The Balaban J connectivity index is 2.46. The molecule has 0 bridgehead atoms. The van der Waals surface area contributed by atoms with Crippen molar-refractivity contribution in [2.24, 2.45) is 0 Å². The van der Waals surface area contributed by atoms with Crippen LogP contribution in [0.15, 0.2) is 43.0 Å². The molecule has 18 heavy (non-hydrogen) atoms. The number of ether oxygens (including phenoxy) is 1. The molecule has 0 N–H and O–H groups in total. The smallest absolute Gasteiger partial charge is 0.410 e. The molecule has 0 aliphatic heterocycles. The van der Waals surface area contributed by atoms with Crippen molar-refractivity contribution in [3.05, 3.63) is 48.6 Å². The molecule has 0 radical (unpaired) electrons. The van der Waals surface area contributed by atoms with Gasteiger partial charge in [0.25, 0.3) is 0 Å². The van der Waals surface area contributed by atoms with Gasteiger partial charge in [0.1, 0.15) is 6.61 Å². The molecule has 0 unspecified atom stereocenters. The van der Waals surface area contributed by atoms with Crippen LogP contribution in [0.1, 0.15) is 12.0 Å². The highest BCUT2D eigenvalue weighted by Gasteiger charge is 2.12. The summed E-state index contributed by atoms with van der Waals surface area (Å²) in [7, 11) is 0. The number of amides is 1. The van der Waals surface area contributed by atoms with E-state index in [2.05, 4.69) is 6.58 Å². The van der Waals surface area contributed by atoms with Crippen LogP contribution in [-0.4, -0.2) is 24.1 Å². The first-order valence-corrected chi connectivity index (χ1v) is 5.71. The van der Waals surface area contributed by atoms with Crippen LogP contribution in [0.3, 0.4) is 0 Å². The third-order valence-corrected chi connectivity index (χ3v) is 2.31. The molecule has 1 rings (SSSR count). The minimum absolute atomic E-state index is 0.236. The lowest BCUT2D eigenvalue weighted by molar-refractivity contribution is 0.101. The summed E-state index contributed by atoms with van der Waals surface area (Å²) in [4.78, 5) is 13.2. The van der Waals surface area contributed by atoms with Crippen LogP contribution in [0, 0.1) is 11.3 Å². The van der Waals surface area contributed by atoms with Gasteiger partial charge >= 0.3 is 6.09 Å². The Morgan fingerprint density at radius 3 is 2.78 bits per heavy atom. The van der Waals surface area contributed by atoms with E-state index in [-0.39, 0.29) is 13.0 Å². The van der Waals surface area contributed by atoms with Gasteiger partial charge in [-0.1, -0.05) is 36.4 Å². The Kier molecular flexibility index (Phi) is 6.05. The van der Waals surface area contributed by atoms with E-state index in [0.29, 0.717) is 13.1 Å². The maximum absolute atomic E-state index is 11.8. The summed E-state index contributed by atoms with van der Waals surface area (Å²) >= 11 is 0. The number of carbonyl (C=O) groups is 1. The molecule has 0 aliphatic carbocycles. The SMILES string of the molecule is C=CCN(CCC#N)C(=O)OCc1ccccc1. The normalized spacial score (nSPS) is 9.28. The summed E-state index contributed by atoms with van der Waals surface area (Å²) in [5.74, 6) is 0. The van der Waals surface area contributed by atoms with Crippen LogP contribution in [-0.2, 0) is 11.3 Å². The van der Waals surface area contributed by atoms with Crippen molar-refractivity contribution in [2.75, 3.05) is 13.1 Å². The average molecular weight is 244 g/mol. The van der Waals surface area contributed by atoms with Crippen LogP contribution in [0.2, 0.25) is 0 Å². The quantitative estimate of drug-likeness (QED) is 0.723. The molecule has 0 spiro atoms. The number of carbonyl (C=O) groups excluding carboxylic acids is 1. The van der Waals surface area contributed by atoms with E-state index < -0.39 is 6.09 Å². The lowest BCUT2D eigenvalue weighted by Gasteiger charge is -2.19. The number of benzene rings is 1. The van der Waals surface area contributed by atoms with Gasteiger partial charge in [-0.2, -0.15) is 5.26 Å². The number of rotatable bonds is 6. The van der Waals surface area contributed by atoms with Crippen molar-refractivity contribution in [2.45, 2.75) is 13.0 Å². The van der Waals surface area contributed by atoms with Crippen LogP contribution in [0.4, 0.5) is 4.79 Å². The van der Waals surface area contributed by atoms with Crippen molar-refractivity contribution in [1.29, 1.82) is 5.26 Å². The molecule has 1 aromatic rings. The summed E-state index contributed by atoms with van der Waals surface area (Å²) in [6, 6.07) is 11.5. The van der Waals surface area contributed by atoms with E-state index in [1.807, 2.05) is 36.4 Å². The van der Waals surface area contributed by atoms with Crippen LogP contribution >= 0.6 is 0 Å². The van der Waals surface area contributed by atoms with Crippen LogP contribution in [0.5, 0.6) is 0 Å². The minimum atomic E-state index is -0.422. The number of hydrogen-bond acceptors (Lipinski definition) is 3. The zero-order valence-electron chi connectivity index (χ0n) is 10.2. The predicted octanol–water partition coefficient (Wildman–Crippen LogP) is 2.72. The van der Waals surface area contributed by atoms with Crippen LogP contribution < -0.4 is 0 Å². The van der Waals surface area contributed by atoms with Gasteiger partial charge in [-0.05, 0) is 5.56 Å². The van der Waals surface area contributed by atoms with Crippen molar-refractivity contribution < 1.29 is 9.53 Å². The summed E-state index contributed by atoms with van der Waals surface area (Å²) < 4.78 is 5.17. The second-order valence-electron chi connectivity index (χ2n) is 3.68. The van der Waals surface area contributed by atoms with Gasteiger partial charge in [0, 0.05) is 13.1 Å². The Labute approximate surface area is 107 Å². The molecule has 0 aromatic heterocycles. The van der Waals surface area contributed by atoms with Crippen molar-refractivity contribution >= 4 is 6.09 Å². The molecule has 0 heterocycles. The highest BCUT2D eigenvalue weighted by atomic mass is 16.6. The van der Waals surface area contributed by atoms with E-state index in [4.69, 9.17) is 10.00 Å². The first-order valence-electron chi connectivity index (χ1n) is 5.71. The van der Waals surface area contributed by atoms with Gasteiger partial charge < -0.3 is 9.64 Å². The van der Waals surface area contributed by atoms with Gasteiger partial charge in [-0.3, -0.25) is 0 Å². The zero-order chi connectivity index (χ0) is 13.2. The molecule has 0 saturated carbocycles. The highest BCUT2D eigenvalue weighted by molar-refractivity contribution is 5.67. The highest BCUT2D eigenvalue weighted by Crippen LogP contribution is 2.03. The zero-order valence-corrected chi connectivity index (χ0v) is 10.2. The summed E-state index contributed by atoms with van der Waals surface area (Å²) in [6.45, 7) is 4.55. The molecular weight excluding hydrogens is 228 g/mol. The topological polar surface area (TPSA) is 53.3 Å². The van der Waals surface area contributed by atoms with E-state index in [1.165, 1.54) is 4.90 Å². The molecule has 94 valence electrons. The Morgan fingerprint density at radius 2 is 2.17 bits per heavy atom. The van der Waals surface area contributed by atoms with Gasteiger partial charge in [0.05, 0.1) is 12.5 Å². The lowest BCUT2D eigenvalue weighted by atomic mass is 10.2. The van der Waals surface area contributed by atoms with Crippen molar-refractivity contribution in [1.82, 2.24) is 4.90 Å². The van der Waals surface area contributed by atoms with Gasteiger partial charge in [-0.15, -0.1) is 6.58 Å². The van der Waals surface area contributed by atoms with E-state index in [0.717, 1.165) is 5.56 Å². The maximum atomic E-state index is 11.8. The average Bonchev–Trinajstić information content (AvgIpc) is 2.42. The predicted molar refractivity (Wildman–Crippen MR) is 68.6 cm³/mol. The fraction of sp³-hybridized carbons (Fsp3) is 0.286. The van der Waals surface area contributed by atoms with Gasteiger partial charge in [-0.25, -0.2) is 4.79 Å². The molecule has 1 aromatic carbocycles. The molecule has 0 saturated heterocycles. The van der Waals surface area contributed by atoms with E-state index in [1.54, 1.807) is 6.08 Å². The van der Waals surface area contributed by atoms with Crippen molar-refractivity contribution in [3.63, 3.8) is 0 Å². The monoisotopic (exact) mass is 244 g/mol. The molecule has 0 aliphatic rings. The second-order valence-corrected chi connectivity index (χ2v) is 3.68. The molecule has 1 amide bonds. The minimum Gasteiger partial charge on any atom is -0.445 e. The molecule has 4 heteroatoms. The summed E-state index contributed by atoms with van der Waals surface area (Å²) in [5, 5.41) is 8.52. The molecule has 4 nitrogen and oxygen atoms in total. The fourth-order valence-corrected chi connectivity index (χ4v) is 1.41. The standard InChI is InChI=1S/C14H16N2O2/c1-2-10-16(11-6-9-15)14(17)18-12-13-7-4-3-5-8-13/h2-5,7-8H,1,6,10-12H2. The number of nitrogens with zero attached hydrogens (tertiary/aromatic N) is 2. The third kappa shape index (κ3) is 4.71. The third-order valence-electron chi connectivity index (χ3n) is 2.31. The molecule has 0 fully saturated rings. The lowest BCUT2D eigenvalue weighted by Crippen LogP contribution is -2.32. The largest absolute Gasteiger partial charge is 0.445 e. The summed E-state index contributed by atoms with van der Waals surface area (Å²) in [6.07, 6.45) is 1.48. The Morgan fingerprint density at radius 1 is 1.44 bits per heavy atom. The number of hydrogen-bond donors (Lipinski definition) is 0. The molecule has 0 atom stereocenters. The summed E-state index contributed by atoms with van der Waals surface area (Å²) in [5.41, 5.74) is 0.935. The second kappa shape index (κ2) is 7.91. The van der Waals surface area contributed by atoms with Gasteiger partial charge in [0.2, 0.25) is 0 Å². The van der Waals surface area contributed by atoms with E-state index in [9.17, 15) is 4.79 Å².